The fraction of sp³-hybridized carbons (Fsp3) is 0.500. The Morgan fingerprint density at radius 1 is 1.38 bits per heavy atom. The van der Waals surface area contributed by atoms with Gasteiger partial charge in [-0.05, 0) is 38.6 Å². The zero-order chi connectivity index (χ0) is 12.2. The van der Waals surface area contributed by atoms with Crippen LogP contribution in [-0.4, -0.2) is 24.3 Å². The number of hydrogen-bond acceptors (Lipinski definition) is 2. The fourth-order valence-corrected chi connectivity index (χ4v) is 1.56. The van der Waals surface area contributed by atoms with E-state index in [1.807, 2.05) is 0 Å². The van der Waals surface area contributed by atoms with Crippen molar-refractivity contribution in [2.45, 2.75) is 25.4 Å². The summed E-state index contributed by atoms with van der Waals surface area (Å²) in [5.41, 5.74) is -0.649. The topological polar surface area (TPSA) is 32.3 Å². The number of aliphatic hydroxyl groups is 1. The van der Waals surface area contributed by atoms with E-state index < -0.39 is 17.2 Å². The minimum Gasteiger partial charge on any atom is -0.390 e. The molecule has 0 spiro atoms. The number of hydrogen-bond donors (Lipinski definition) is 2. The van der Waals surface area contributed by atoms with Gasteiger partial charge in [-0.3, -0.25) is 0 Å². The van der Waals surface area contributed by atoms with Crippen molar-refractivity contribution < 1.29 is 13.9 Å². The largest absolute Gasteiger partial charge is 0.390 e. The van der Waals surface area contributed by atoms with E-state index in [2.05, 4.69) is 5.32 Å². The van der Waals surface area contributed by atoms with Crippen LogP contribution in [-0.2, 0) is 6.42 Å². The SMILES string of the molecule is CNCCC(C)(O)Cc1ccc(F)cc1F. The maximum Gasteiger partial charge on any atom is 0.129 e. The third-order valence-corrected chi connectivity index (χ3v) is 2.50. The van der Waals surface area contributed by atoms with Crippen LogP contribution in [0.15, 0.2) is 18.2 Å². The molecule has 0 bridgehead atoms. The highest BCUT2D eigenvalue weighted by Crippen LogP contribution is 2.19. The van der Waals surface area contributed by atoms with Crippen molar-refractivity contribution in [2.24, 2.45) is 0 Å². The van der Waals surface area contributed by atoms with Crippen molar-refractivity contribution in [2.75, 3.05) is 13.6 Å². The standard InChI is InChI=1S/C12H17F2NO/c1-12(16,5-6-15-2)8-9-3-4-10(13)7-11(9)14/h3-4,7,15-16H,5-6,8H2,1-2H3. The van der Waals surface area contributed by atoms with E-state index in [0.29, 0.717) is 18.5 Å². The second-order valence-corrected chi connectivity index (χ2v) is 4.26. The van der Waals surface area contributed by atoms with Gasteiger partial charge in [0.2, 0.25) is 0 Å². The zero-order valence-electron chi connectivity index (χ0n) is 9.56. The third-order valence-electron chi connectivity index (χ3n) is 2.50. The van der Waals surface area contributed by atoms with Gasteiger partial charge in [-0.2, -0.15) is 0 Å². The van der Waals surface area contributed by atoms with Crippen molar-refractivity contribution in [1.29, 1.82) is 0 Å². The minimum atomic E-state index is -0.984. The molecule has 1 rings (SSSR count). The van der Waals surface area contributed by atoms with Crippen LogP contribution in [0.5, 0.6) is 0 Å². The molecule has 0 aromatic heterocycles. The first-order valence-electron chi connectivity index (χ1n) is 5.25. The van der Waals surface area contributed by atoms with Crippen molar-refractivity contribution in [3.8, 4) is 0 Å². The molecule has 0 amide bonds. The second kappa shape index (κ2) is 5.37. The Kier molecular flexibility index (Phi) is 4.38. The molecule has 0 aliphatic rings. The van der Waals surface area contributed by atoms with Crippen LogP contribution in [0, 0.1) is 11.6 Å². The first kappa shape index (κ1) is 13.1. The van der Waals surface area contributed by atoms with E-state index in [1.54, 1.807) is 14.0 Å². The molecular formula is C12H17F2NO. The maximum atomic E-state index is 13.3. The quantitative estimate of drug-likeness (QED) is 0.807. The van der Waals surface area contributed by atoms with Crippen LogP contribution in [0.25, 0.3) is 0 Å². The van der Waals surface area contributed by atoms with Crippen LogP contribution in [0.2, 0.25) is 0 Å². The van der Waals surface area contributed by atoms with Gasteiger partial charge in [0, 0.05) is 12.5 Å². The highest BCUT2D eigenvalue weighted by Gasteiger charge is 2.22. The molecule has 1 atom stereocenters. The fourth-order valence-electron chi connectivity index (χ4n) is 1.56. The summed E-state index contributed by atoms with van der Waals surface area (Å²) >= 11 is 0. The summed E-state index contributed by atoms with van der Waals surface area (Å²) in [5.74, 6) is -1.21. The zero-order valence-corrected chi connectivity index (χ0v) is 9.56. The first-order valence-corrected chi connectivity index (χ1v) is 5.25. The van der Waals surface area contributed by atoms with Gasteiger partial charge < -0.3 is 10.4 Å². The van der Waals surface area contributed by atoms with Gasteiger partial charge in [0.05, 0.1) is 5.60 Å². The molecule has 90 valence electrons. The Labute approximate surface area is 94.3 Å². The van der Waals surface area contributed by atoms with Crippen molar-refractivity contribution >= 4 is 0 Å². The monoisotopic (exact) mass is 229 g/mol. The van der Waals surface area contributed by atoms with E-state index >= 15 is 0 Å². The summed E-state index contributed by atoms with van der Waals surface area (Å²) in [6.45, 7) is 2.29. The lowest BCUT2D eigenvalue weighted by molar-refractivity contribution is 0.0511. The van der Waals surface area contributed by atoms with Gasteiger partial charge in [0.15, 0.2) is 0 Å². The second-order valence-electron chi connectivity index (χ2n) is 4.26. The molecule has 16 heavy (non-hydrogen) atoms. The Morgan fingerprint density at radius 2 is 2.06 bits per heavy atom. The van der Waals surface area contributed by atoms with Gasteiger partial charge in [-0.1, -0.05) is 6.07 Å². The number of rotatable bonds is 5. The summed E-state index contributed by atoms with van der Waals surface area (Å²) in [4.78, 5) is 0. The molecular weight excluding hydrogens is 212 g/mol. The molecule has 1 aromatic carbocycles. The predicted octanol–water partition coefficient (Wildman–Crippen LogP) is 1.87. The van der Waals surface area contributed by atoms with Crippen LogP contribution in [0.3, 0.4) is 0 Å². The minimum absolute atomic E-state index is 0.181. The van der Waals surface area contributed by atoms with Gasteiger partial charge in [-0.25, -0.2) is 8.78 Å². The summed E-state index contributed by atoms with van der Waals surface area (Å²) in [6.07, 6.45) is 0.696. The third kappa shape index (κ3) is 3.87. The summed E-state index contributed by atoms with van der Waals surface area (Å²) in [7, 11) is 1.79. The first-order chi connectivity index (χ1) is 7.44. The molecule has 1 aromatic rings. The molecule has 1 unspecified atom stereocenters. The highest BCUT2D eigenvalue weighted by atomic mass is 19.1. The lowest BCUT2D eigenvalue weighted by Gasteiger charge is -2.23. The Balaban J connectivity index is 2.71. The van der Waals surface area contributed by atoms with Crippen molar-refractivity contribution in [1.82, 2.24) is 5.32 Å². The smallest absolute Gasteiger partial charge is 0.129 e. The lowest BCUT2D eigenvalue weighted by atomic mass is 9.93. The van der Waals surface area contributed by atoms with Crippen LogP contribution in [0.1, 0.15) is 18.9 Å². The average molecular weight is 229 g/mol. The molecule has 2 N–H and O–H groups in total. The van der Waals surface area contributed by atoms with Crippen molar-refractivity contribution in [3.63, 3.8) is 0 Å². The Morgan fingerprint density at radius 3 is 2.62 bits per heavy atom. The molecule has 0 fully saturated rings. The van der Waals surface area contributed by atoms with Gasteiger partial charge >= 0.3 is 0 Å². The van der Waals surface area contributed by atoms with Crippen molar-refractivity contribution in [3.05, 3.63) is 35.4 Å². The van der Waals surface area contributed by atoms with Crippen LogP contribution < -0.4 is 5.32 Å². The maximum absolute atomic E-state index is 13.3. The Hall–Kier alpha value is -1.00. The van der Waals surface area contributed by atoms with Gasteiger partial charge in [0.1, 0.15) is 11.6 Å². The van der Waals surface area contributed by atoms with E-state index in [0.717, 1.165) is 6.07 Å². The predicted molar refractivity (Wildman–Crippen MR) is 59.2 cm³/mol. The average Bonchev–Trinajstić information content (AvgIpc) is 2.19. The lowest BCUT2D eigenvalue weighted by Crippen LogP contribution is -2.31. The van der Waals surface area contributed by atoms with Crippen LogP contribution in [0.4, 0.5) is 8.78 Å². The molecule has 4 heteroatoms. The molecule has 0 heterocycles. The number of benzene rings is 1. The molecule has 0 saturated heterocycles. The summed E-state index contributed by atoms with van der Waals surface area (Å²) in [5, 5.41) is 12.9. The van der Waals surface area contributed by atoms with E-state index in [-0.39, 0.29) is 6.42 Å². The van der Waals surface area contributed by atoms with E-state index in [4.69, 9.17) is 0 Å². The van der Waals surface area contributed by atoms with Gasteiger partial charge in [0.25, 0.3) is 0 Å². The molecule has 0 saturated carbocycles. The van der Waals surface area contributed by atoms with E-state index in [1.165, 1.54) is 12.1 Å². The molecule has 0 aliphatic heterocycles. The normalized spacial score (nSPS) is 14.8. The number of halogens is 2. The summed E-state index contributed by atoms with van der Waals surface area (Å²) in [6, 6.07) is 3.41. The summed E-state index contributed by atoms with van der Waals surface area (Å²) < 4.78 is 26.0. The van der Waals surface area contributed by atoms with Gasteiger partial charge in [-0.15, -0.1) is 0 Å². The Bertz CT molecular complexity index is 353. The molecule has 2 nitrogen and oxygen atoms in total. The molecule has 0 radical (unpaired) electrons. The van der Waals surface area contributed by atoms with E-state index in [9.17, 15) is 13.9 Å². The number of nitrogens with one attached hydrogen (secondary N) is 1. The highest BCUT2D eigenvalue weighted by molar-refractivity contribution is 5.20. The van der Waals surface area contributed by atoms with Crippen LogP contribution >= 0.6 is 0 Å². The molecule has 0 aliphatic carbocycles.